The Bertz CT molecular complexity index is 2750. The molecule has 4 aliphatic rings. The van der Waals surface area contributed by atoms with Crippen molar-refractivity contribution in [3.05, 3.63) is 112 Å². The maximum atomic E-state index is 14.0. The highest BCUT2D eigenvalue weighted by molar-refractivity contribution is 6.24. The number of ether oxygens (including phenoxy) is 1. The predicted molar refractivity (Wildman–Crippen MR) is 251 cm³/mol. The van der Waals surface area contributed by atoms with Crippen LogP contribution in [0.2, 0.25) is 0 Å². The van der Waals surface area contributed by atoms with E-state index in [9.17, 15) is 37.5 Å². The summed E-state index contributed by atoms with van der Waals surface area (Å²) in [6.45, 7) is 5.33. The number of nitrogens with one attached hydrogen (secondary N) is 5. The van der Waals surface area contributed by atoms with Gasteiger partial charge < -0.3 is 30.9 Å². The summed E-state index contributed by atoms with van der Waals surface area (Å²) < 4.78 is 33.4. The molecule has 5 aromatic rings. The molecule has 0 bridgehead atoms. The lowest BCUT2D eigenvalue weighted by Gasteiger charge is -2.36. The van der Waals surface area contributed by atoms with E-state index in [1.165, 1.54) is 12.1 Å². The first-order chi connectivity index (χ1) is 32.9. The topological polar surface area (TPSA) is 198 Å². The second kappa shape index (κ2) is 20.4. The zero-order valence-electron chi connectivity index (χ0n) is 37.5. The number of hydrogen-bond donors (Lipinski definition) is 5. The Morgan fingerprint density at radius 1 is 0.794 bits per heavy atom. The van der Waals surface area contributed by atoms with E-state index in [0.29, 0.717) is 98.1 Å². The van der Waals surface area contributed by atoms with Gasteiger partial charge in [-0.25, -0.2) is 8.78 Å². The first kappa shape index (κ1) is 46.1. The third-order valence-electron chi connectivity index (χ3n) is 13.0. The van der Waals surface area contributed by atoms with Gasteiger partial charge in [0.25, 0.3) is 17.7 Å². The van der Waals surface area contributed by atoms with Crippen LogP contribution in [0.5, 0.6) is 0 Å². The molecule has 16 nitrogen and oxygen atoms in total. The van der Waals surface area contributed by atoms with Crippen LogP contribution >= 0.6 is 0 Å². The second-order valence-electron chi connectivity index (χ2n) is 17.8. The van der Waals surface area contributed by atoms with Crippen molar-refractivity contribution in [2.24, 2.45) is 0 Å². The molecule has 3 fully saturated rings. The number of anilines is 4. The summed E-state index contributed by atoms with van der Waals surface area (Å²) in [5.74, 6) is -2.95. The first-order valence-corrected chi connectivity index (χ1v) is 23.2. The maximum absolute atomic E-state index is 14.0. The van der Waals surface area contributed by atoms with Crippen LogP contribution in [0, 0.1) is 11.6 Å². The molecule has 3 aliphatic heterocycles. The highest BCUT2D eigenvalue weighted by Gasteiger charge is 2.44. The number of H-pyrrole nitrogens is 1. The van der Waals surface area contributed by atoms with E-state index in [4.69, 9.17) is 4.74 Å². The summed E-state index contributed by atoms with van der Waals surface area (Å²) >= 11 is 0. The minimum Gasteiger partial charge on any atom is -0.385 e. The molecule has 1 saturated carbocycles. The number of rotatable bonds is 16. The zero-order chi connectivity index (χ0) is 47.3. The van der Waals surface area contributed by atoms with E-state index in [1.54, 1.807) is 18.2 Å². The number of aromatic nitrogens is 2. The molecule has 18 heteroatoms. The largest absolute Gasteiger partial charge is 0.385 e. The molecule has 2 saturated heterocycles. The van der Waals surface area contributed by atoms with Crippen molar-refractivity contribution >= 4 is 69.0 Å². The van der Waals surface area contributed by atoms with Crippen molar-refractivity contribution in [1.82, 2.24) is 25.3 Å². The van der Waals surface area contributed by atoms with Crippen molar-refractivity contribution in [1.29, 1.82) is 0 Å². The quantitative estimate of drug-likeness (QED) is 0.0461. The first-order valence-electron chi connectivity index (χ1n) is 23.2. The number of aromatic amines is 1. The molecule has 1 aliphatic carbocycles. The molecular formula is C50H53F2N9O7. The fourth-order valence-corrected chi connectivity index (χ4v) is 9.42. The van der Waals surface area contributed by atoms with Crippen molar-refractivity contribution < 1.29 is 42.3 Å². The molecular weight excluding hydrogens is 877 g/mol. The third kappa shape index (κ3) is 10.6. The van der Waals surface area contributed by atoms with Gasteiger partial charge in [-0.05, 0) is 110 Å². The number of unbranched alkanes of at least 4 members (excludes halogenated alkanes) is 1. The third-order valence-corrected chi connectivity index (χ3v) is 13.0. The summed E-state index contributed by atoms with van der Waals surface area (Å²) in [6, 6.07) is 18.9. The van der Waals surface area contributed by atoms with E-state index in [-0.39, 0.29) is 60.6 Å². The smallest absolute Gasteiger partial charge is 0.262 e. The number of imide groups is 1. The minimum atomic E-state index is -0.907. The summed E-state index contributed by atoms with van der Waals surface area (Å²) in [7, 11) is 0. The Morgan fingerprint density at radius 3 is 2.34 bits per heavy atom. The molecule has 9 rings (SSSR count). The fraction of sp³-hybridized carbons (Fsp3) is 0.380. The standard InChI is InChI=1S/C50H53F2N9O7/c51-32-22-31(23-33(52)25-32)21-30-3-9-42-41(24-30)47(58-57-42)56-48(65)39-8-5-36(27-43(39)55-34-11-19-68-20-12-34)60-17-15-59(16-18-60)29-46(64)54-14-2-1-13-53-35-4-7-38-40(26-35)50(67)61(49(38)66)44-10-6-37(62)28-45(44)63/h3-5,7-9,22-27,34,44,53,55H,1-2,6,10-21,28-29H2,(H,54,64)(H2,56,57,58,65). The maximum Gasteiger partial charge on any atom is 0.262 e. The van der Waals surface area contributed by atoms with Crippen molar-refractivity contribution in [2.75, 3.05) is 79.9 Å². The van der Waals surface area contributed by atoms with Crippen LogP contribution in [0.15, 0.2) is 72.8 Å². The molecule has 1 atom stereocenters. The number of halogens is 2. The Balaban J connectivity index is 0.742. The van der Waals surface area contributed by atoms with Crippen LogP contribution in [-0.2, 0) is 25.5 Å². The summed E-state index contributed by atoms with van der Waals surface area (Å²) in [5, 5.41) is 20.9. The minimum absolute atomic E-state index is 0.0558. The van der Waals surface area contributed by atoms with E-state index in [2.05, 4.69) is 41.3 Å². The van der Waals surface area contributed by atoms with Crippen LogP contribution in [-0.4, -0.2) is 126 Å². The van der Waals surface area contributed by atoms with Gasteiger partial charge in [0.05, 0.1) is 41.2 Å². The number of amides is 4. The Morgan fingerprint density at radius 2 is 1.56 bits per heavy atom. The van der Waals surface area contributed by atoms with Crippen LogP contribution < -0.4 is 26.2 Å². The van der Waals surface area contributed by atoms with Crippen LogP contribution in [0.1, 0.15) is 87.1 Å². The molecule has 4 heterocycles. The second-order valence-corrected chi connectivity index (χ2v) is 17.8. The monoisotopic (exact) mass is 929 g/mol. The highest BCUT2D eigenvalue weighted by Crippen LogP contribution is 2.32. The molecule has 68 heavy (non-hydrogen) atoms. The van der Waals surface area contributed by atoms with Crippen molar-refractivity contribution in [3.63, 3.8) is 0 Å². The molecule has 1 unspecified atom stereocenters. The number of nitrogens with zero attached hydrogens (tertiary/aromatic N) is 4. The van der Waals surface area contributed by atoms with Gasteiger partial charge in [-0.1, -0.05) is 6.07 Å². The lowest BCUT2D eigenvalue weighted by atomic mass is 9.92. The molecule has 354 valence electrons. The van der Waals surface area contributed by atoms with Gasteiger partial charge in [-0.3, -0.25) is 43.7 Å². The summed E-state index contributed by atoms with van der Waals surface area (Å²) in [4.78, 5) is 82.7. The normalized spacial score (nSPS) is 18.0. The number of Topliss-reactive ketones (excluding diaryl/α,β-unsaturated/α-hetero) is 2. The number of carbonyl (C=O) groups excluding carboxylic acids is 6. The number of fused-ring (bicyclic) bond motifs is 2. The lowest BCUT2D eigenvalue weighted by molar-refractivity contribution is -0.132. The van der Waals surface area contributed by atoms with Gasteiger partial charge in [0.2, 0.25) is 5.91 Å². The molecule has 4 aromatic carbocycles. The zero-order valence-corrected chi connectivity index (χ0v) is 37.5. The number of carbonyl (C=O) groups is 6. The van der Waals surface area contributed by atoms with Crippen LogP contribution in [0.3, 0.4) is 0 Å². The number of piperazine rings is 1. The Labute approximate surface area is 391 Å². The van der Waals surface area contributed by atoms with Gasteiger partial charge in [-0.15, -0.1) is 0 Å². The molecule has 4 amide bonds. The van der Waals surface area contributed by atoms with Gasteiger partial charge >= 0.3 is 0 Å². The number of hydrogen-bond acceptors (Lipinski definition) is 12. The van der Waals surface area contributed by atoms with Crippen LogP contribution in [0.25, 0.3) is 10.9 Å². The SMILES string of the molecule is O=C1CCC(N2C(=O)c3ccc(NCCCCNC(=O)CN4CCN(c5ccc(C(=O)Nc6n[nH]c7ccc(Cc8cc(F)cc(F)c8)cc67)c(NC6CCOCC6)c5)CC4)cc3C2=O)C(=O)C1. The fourth-order valence-electron chi connectivity index (χ4n) is 9.42. The van der Waals surface area contributed by atoms with E-state index < -0.39 is 35.3 Å². The Hall–Kier alpha value is -7.05. The number of benzene rings is 4. The van der Waals surface area contributed by atoms with Gasteiger partial charge in [0, 0.05) is 93.5 Å². The van der Waals surface area contributed by atoms with Crippen molar-refractivity contribution in [3.8, 4) is 0 Å². The van der Waals surface area contributed by atoms with Gasteiger partial charge in [-0.2, -0.15) is 5.10 Å². The Kier molecular flexibility index (Phi) is 13.9. The van der Waals surface area contributed by atoms with Gasteiger partial charge in [0.15, 0.2) is 11.6 Å². The van der Waals surface area contributed by atoms with Gasteiger partial charge in [0.1, 0.15) is 17.4 Å². The predicted octanol–water partition coefficient (Wildman–Crippen LogP) is 5.69. The van der Waals surface area contributed by atoms with E-state index in [0.717, 1.165) is 47.9 Å². The average molecular weight is 930 g/mol. The van der Waals surface area contributed by atoms with E-state index >= 15 is 0 Å². The highest BCUT2D eigenvalue weighted by atomic mass is 19.1. The van der Waals surface area contributed by atoms with E-state index in [1.807, 2.05) is 36.4 Å². The molecule has 0 spiro atoms. The molecule has 1 aromatic heterocycles. The van der Waals surface area contributed by atoms with Crippen LogP contribution in [0.4, 0.5) is 31.7 Å². The van der Waals surface area contributed by atoms with Crippen molar-refractivity contribution in [2.45, 2.75) is 63.5 Å². The summed E-state index contributed by atoms with van der Waals surface area (Å²) in [6.07, 6.45) is 3.43. The lowest BCUT2D eigenvalue weighted by Crippen LogP contribution is -2.49. The number of ketones is 2. The molecule has 5 N–H and O–H groups in total. The summed E-state index contributed by atoms with van der Waals surface area (Å²) in [5.41, 5.74) is 5.24. The molecule has 0 radical (unpaired) electrons. The average Bonchev–Trinajstić information content (AvgIpc) is 3.83.